The molecule has 2 rings (SSSR count). The summed E-state index contributed by atoms with van der Waals surface area (Å²) in [7, 11) is 0. The van der Waals surface area contributed by atoms with Gasteiger partial charge in [0, 0.05) is 6.54 Å². The van der Waals surface area contributed by atoms with Crippen molar-refractivity contribution in [2.75, 3.05) is 18.4 Å². The average Bonchev–Trinajstić information content (AvgIpc) is 2.81. The third-order valence-corrected chi connectivity index (χ3v) is 2.88. The maximum absolute atomic E-state index is 5.54. The molecule has 0 aromatic carbocycles. The van der Waals surface area contributed by atoms with E-state index >= 15 is 0 Å². The molecule has 7 nitrogen and oxygen atoms in total. The van der Waals surface area contributed by atoms with Gasteiger partial charge in [-0.05, 0) is 47.4 Å². The zero-order chi connectivity index (χ0) is 13.0. The van der Waals surface area contributed by atoms with Crippen molar-refractivity contribution in [3.05, 3.63) is 12.1 Å². The van der Waals surface area contributed by atoms with E-state index in [1.54, 1.807) is 0 Å². The number of nitrogens with two attached hydrogens (primary N) is 1. The van der Waals surface area contributed by atoms with Gasteiger partial charge in [0.1, 0.15) is 5.82 Å². The number of fused-ring (bicyclic) bond motifs is 1. The Kier molecular flexibility index (Phi) is 3.71. The molecule has 0 spiro atoms. The first kappa shape index (κ1) is 12.7. The lowest BCUT2D eigenvalue weighted by Crippen LogP contribution is -2.24. The Hall–Kier alpha value is -1.76. The number of rotatable bonds is 6. The number of hydrogen-bond acceptors (Lipinski definition) is 6. The van der Waals surface area contributed by atoms with E-state index in [0.29, 0.717) is 5.65 Å². The largest absolute Gasteiger partial charge is 0.368 e. The van der Waals surface area contributed by atoms with Gasteiger partial charge in [-0.2, -0.15) is 0 Å². The smallest absolute Gasteiger partial charge is 0.200 e. The molecule has 0 saturated heterocycles. The topological polar surface area (TPSA) is 94.0 Å². The molecular weight excluding hydrogens is 230 g/mol. The van der Waals surface area contributed by atoms with Crippen LogP contribution in [0.25, 0.3) is 5.65 Å². The summed E-state index contributed by atoms with van der Waals surface area (Å²) in [5, 5.41) is 18.7. The van der Waals surface area contributed by atoms with Crippen molar-refractivity contribution in [3.63, 3.8) is 0 Å². The molecule has 7 heteroatoms. The van der Waals surface area contributed by atoms with Crippen molar-refractivity contribution in [2.45, 2.75) is 26.7 Å². The van der Waals surface area contributed by atoms with E-state index < -0.39 is 0 Å². The Morgan fingerprint density at radius 2 is 2.22 bits per heavy atom. The molecule has 0 aliphatic carbocycles. The van der Waals surface area contributed by atoms with Crippen molar-refractivity contribution in [3.8, 4) is 0 Å². The van der Waals surface area contributed by atoms with Crippen molar-refractivity contribution >= 4 is 11.5 Å². The molecule has 0 fully saturated rings. The Morgan fingerprint density at radius 3 is 3.00 bits per heavy atom. The van der Waals surface area contributed by atoms with E-state index in [2.05, 4.69) is 39.8 Å². The molecule has 98 valence electrons. The van der Waals surface area contributed by atoms with Crippen LogP contribution in [0.2, 0.25) is 0 Å². The number of tetrazole rings is 1. The Labute approximate surface area is 106 Å². The minimum Gasteiger partial charge on any atom is -0.368 e. The zero-order valence-electron chi connectivity index (χ0n) is 10.8. The number of aromatic nitrogens is 5. The summed E-state index contributed by atoms with van der Waals surface area (Å²) in [6, 6.07) is 3.72. The number of nitrogens with one attached hydrogen (secondary N) is 1. The molecule has 0 aliphatic heterocycles. The molecule has 0 aliphatic rings. The highest BCUT2D eigenvalue weighted by Gasteiger charge is 2.17. The normalized spacial score (nSPS) is 11.9. The van der Waals surface area contributed by atoms with E-state index in [-0.39, 0.29) is 5.41 Å². The van der Waals surface area contributed by atoms with Gasteiger partial charge in [0.15, 0.2) is 5.65 Å². The monoisotopic (exact) mass is 249 g/mol. The van der Waals surface area contributed by atoms with Crippen LogP contribution >= 0.6 is 0 Å². The quantitative estimate of drug-likeness (QED) is 0.782. The molecular formula is C11H19N7. The maximum Gasteiger partial charge on any atom is 0.200 e. The lowest BCUT2D eigenvalue weighted by molar-refractivity contribution is 0.349. The van der Waals surface area contributed by atoms with E-state index in [4.69, 9.17) is 5.73 Å². The molecule has 18 heavy (non-hydrogen) atoms. The van der Waals surface area contributed by atoms with Gasteiger partial charge in [-0.1, -0.05) is 13.8 Å². The van der Waals surface area contributed by atoms with E-state index in [1.807, 2.05) is 12.1 Å². The first-order valence-corrected chi connectivity index (χ1v) is 6.10. The fourth-order valence-electron chi connectivity index (χ4n) is 1.74. The molecule has 2 heterocycles. The predicted molar refractivity (Wildman–Crippen MR) is 69.1 cm³/mol. The van der Waals surface area contributed by atoms with Crippen LogP contribution in [0.5, 0.6) is 0 Å². The second-order valence-corrected chi connectivity index (χ2v) is 5.16. The van der Waals surface area contributed by atoms with Gasteiger partial charge in [0.05, 0.1) is 0 Å². The van der Waals surface area contributed by atoms with Crippen LogP contribution in [-0.2, 0) is 0 Å². The molecule has 0 bridgehead atoms. The highest BCUT2D eigenvalue weighted by molar-refractivity contribution is 5.42. The van der Waals surface area contributed by atoms with Crippen LogP contribution in [-0.4, -0.2) is 38.3 Å². The lowest BCUT2D eigenvalue weighted by atomic mass is 9.88. The van der Waals surface area contributed by atoms with Gasteiger partial charge in [0.25, 0.3) is 0 Å². The molecule has 0 radical (unpaired) electrons. The minimum absolute atomic E-state index is 0.191. The van der Waals surface area contributed by atoms with Crippen molar-refractivity contribution in [1.29, 1.82) is 0 Å². The third-order valence-electron chi connectivity index (χ3n) is 2.88. The second kappa shape index (κ2) is 5.26. The molecule has 3 N–H and O–H groups in total. The first-order chi connectivity index (χ1) is 8.61. The highest BCUT2D eigenvalue weighted by atomic mass is 15.6. The van der Waals surface area contributed by atoms with Gasteiger partial charge >= 0.3 is 0 Å². The highest BCUT2D eigenvalue weighted by Crippen LogP contribution is 2.22. The summed E-state index contributed by atoms with van der Waals surface area (Å²) in [4.78, 5) is 0. The molecule has 0 amide bonds. The third kappa shape index (κ3) is 3.13. The van der Waals surface area contributed by atoms with Crippen molar-refractivity contribution in [2.24, 2.45) is 11.1 Å². The molecule has 0 saturated carbocycles. The lowest BCUT2D eigenvalue weighted by Gasteiger charge is -2.24. The van der Waals surface area contributed by atoms with Gasteiger partial charge < -0.3 is 11.1 Å². The van der Waals surface area contributed by atoms with Gasteiger partial charge in [0.2, 0.25) is 0 Å². The molecule has 2 aromatic rings. The fourth-order valence-corrected chi connectivity index (χ4v) is 1.74. The molecule has 0 unspecified atom stereocenters. The standard InChI is InChI=1S/C11H19N7/c1-11(2,6-3-7-12)8-13-9-4-5-10-14-16-17-18(10)15-9/h4-5H,3,6-8,12H2,1-2H3,(H,13,15). The zero-order valence-corrected chi connectivity index (χ0v) is 10.8. The second-order valence-electron chi connectivity index (χ2n) is 5.16. The van der Waals surface area contributed by atoms with Crippen molar-refractivity contribution in [1.82, 2.24) is 25.3 Å². The van der Waals surface area contributed by atoms with Gasteiger partial charge in [-0.25, -0.2) is 0 Å². The molecule has 2 aromatic heterocycles. The Morgan fingerprint density at radius 1 is 1.39 bits per heavy atom. The van der Waals surface area contributed by atoms with Crippen LogP contribution < -0.4 is 11.1 Å². The summed E-state index contributed by atoms with van der Waals surface area (Å²) in [6.07, 6.45) is 2.12. The number of anilines is 1. The van der Waals surface area contributed by atoms with Crippen LogP contribution in [0.4, 0.5) is 5.82 Å². The first-order valence-electron chi connectivity index (χ1n) is 6.10. The van der Waals surface area contributed by atoms with E-state index in [1.165, 1.54) is 4.63 Å². The van der Waals surface area contributed by atoms with Gasteiger partial charge in [-0.3, -0.25) is 0 Å². The van der Waals surface area contributed by atoms with Crippen LogP contribution in [0.15, 0.2) is 12.1 Å². The van der Waals surface area contributed by atoms with E-state index in [0.717, 1.165) is 31.7 Å². The number of hydrogen-bond donors (Lipinski definition) is 2. The van der Waals surface area contributed by atoms with Crippen LogP contribution in [0.3, 0.4) is 0 Å². The molecule has 0 atom stereocenters. The summed E-state index contributed by atoms with van der Waals surface area (Å²) >= 11 is 0. The SMILES string of the molecule is CC(C)(CCCN)CNc1ccc2nnnn2n1. The van der Waals surface area contributed by atoms with Gasteiger partial charge in [-0.15, -0.1) is 14.8 Å². The Balaban J connectivity index is 1.96. The summed E-state index contributed by atoms with van der Waals surface area (Å²) in [6.45, 7) is 6.00. The fraction of sp³-hybridized carbons (Fsp3) is 0.636. The number of nitrogens with zero attached hydrogens (tertiary/aromatic N) is 5. The predicted octanol–water partition coefficient (Wildman–Crippen LogP) is 0.696. The summed E-state index contributed by atoms with van der Waals surface area (Å²) in [5.74, 6) is 0.774. The Bertz CT molecular complexity index is 505. The van der Waals surface area contributed by atoms with Crippen LogP contribution in [0, 0.1) is 5.41 Å². The summed E-state index contributed by atoms with van der Waals surface area (Å²) < 4.78 is 1.41. The van der Waals surface area contributed by atoms with E-state index in [9.17, 15) is 0 Å². The van der Waals surface area contributed by atoms with Crippen molar-refractivity contribution < 1.29 is 0 Å². The summed E-state index contributed by atoms with van der Waals surface area (Å²) in [5.41, 5.74) is 6.37. The van der Waals surface area contributed by atoms with Crippen LogP contribution in [0.1, 0.15) is 26.7 Å². The maximum atomic E-state index is 5.54. The minimum atomic E-state index is 0.191. The average molecular weight is 249 g/mol.